The fraction of sp³-hybridized carbons (Fsp3) is 0.538. The van der Waals surface area contributed by atoms with Gasteiger partial charge in [-0.2, -0.15) is 0 Å². The largest absolute Gasteiger partial charge is 0.319 e. The average molecular weight is 207 g/mol. The van der Waals surface area contributed by atoms with Gasteiger partial charge in [-0.05, 0) is 49.4 Å². The monoisotopic (exact) mass is 207 g/mol. The third-order valence-electron chi connectivity index (χ3n) is 3.54. The Hall–Kier alpha value is -0.890. The summed E-state index contributed by atoms with van der Waals surface area (Å²) < 4.78 is 13.4. The minimum Gasteiger partial charge on any atom is -0.319 e. The fourth-order valence-corrected chi connectivity index (χ4v) is 2.36. The highest BCUT2D eigenvalue weighted by Gasteiger charge is 2.49. The Bertz CT molecular complexity index is 350. The molecule has 0 aromatic heterocycles. The molecule has 0 radical (unpaired) electrons. The lowest BCUT2D eigenvalue weighted by Crippen LogP contribution is -2.15. The molecule has 15 heavy (non-hydrogen) atoms. The first-order chi connectivity index (χ1) is 7.15. The molecule has 1 aromatic rings. The molecule has 2 heteroatoms. The molecule has 0 amide bonds. The molecule has 1 aliphatic rings. The maximum Gasteiger partial charge on any atom is 0.126 e. The Morgan fingerprint density at radius 2 is 2.20 bits per heavy atom. The highest BCUT2D eigenvalue weighted by Crippen LogP contribution is 2.54. The predicted molar refractivity (Wildman–Crippen MR) is 60.2 cm³/mol. The summed E-state index contributed by atoms with van der Waals surface area (Å²) in [5.74, 6) is 0.649. The van der Waals surface area contributed by atoms with Crippen LogP contribution in [0.5, 0.6) is 0 Å². The molecule has 0 bridgehead atoms. The fourth-order valence-electron chi connectivity index (χ4n) is 2.36. The number of halogens is 1. The molecule has 1 aromatic carbocycles. The molecular weight excluding hydrogens is 189 g/mol. The van der Waals surface area contributed by atoms with Crippen molar-refractivity contribution in [3.8, 4) is 0 Å². The van der Waals surface area contributed by atoms with Crippen LogP contribution in [0.1, 0.15) is 18.9 Å². The SMILES string of the molecule is CNCC1CC1(C)Cc1ccccc1F. The summed E-state index contributed by atoms with van der Waals surface area (Å²) in [7, 11) is 1.97. The predicted octanol–water partition coefficient (Wildman–Crippen LogP) is 2.61. The third-order valence-corrected chi connectivity index (χ3v) is 3.54. The first-order valence-corrected chi connectivity index (χ1v) is 5.54. The van der Waals surface area contributed by atoms with Crippen molar-refractivity contribution >= 4 is 0 Å². The van der Waals surface area contributed by atoms with Crippen LogP contribution in [0.2, 0.25) is 0 Å². The van der Waals surface area contributed by atoms with Gasteiger partial charge in [-0.3, -0.25) is 0 Å². The van der Waals surface area contributed by atoms with E-state index in [1.54, 1.807) is 12.1 Å². The first kappa shape index (κ1) is 10.6. The van der Waals surface area contributed by atoms with Crippen LogP contribution in [0.25, 0.3) is 0 Å². The van der Waals surface area contributed by atoms with Gasteiger partial charge < -0.3 is 5.32 Å². The van der Waals surface area contributed by atoms with Crippen molar-refractivity contribution in [3.05, 3.63) is 35.6 Å². The third kappa shape index (κ3) is 2.20. The molecule has 2 atom stereocenters. The Morgan fingerprint density at radius 3 is 2.87 bits per heavy atom. The summed E-state index contributed by atoms with van der Waals surface area (Å²) >= 11 is 0. The second kappa shape index (κ2) is 3.93. The van der Waals surface area contributed by atoms with Crippen LogP contribution < -0.4 is 5.32 Å². The molecular formula is C13H18FN. The Balaban J connectivity index is 2.02. The van der Waals surface area contributed by atoms with E-state index in [9.17, 15) is 4.39 Å². The summed E-state index contributed by atoms with van der Waals surface area (Å²) in [6, 6.07) is 7.11. The molecule has 0 aliphatic heterocycles. The number of hydrogen-bond acceptors (Lipinski definition) is 1. The lowest BCUT2D eigenvalue weighted by Gasteiger charge is -2.11. The molecule has 1 nitrogen and oxygen atoms in total. The van der Waals surface area contributed by atoms with Gasteiger partial charge >= 0.3 is 0 Å². The van der Waals surface area contributed by atoms with E-state index >= 15 is 0 Å². The van der Waals surface area contributed by atoms with Gasteiger partial charge in [-0.15, -0.1) is 0 Å². The zero-order valence-electron chi connectivity index (χ0n) is 9.39. The molecule has 82 valence electrons. The van der Waals surface area contributed by atoms with Crippen LogP contribution in [0.4, 0.5) is 4.39 Å². The summed E-state index contributed by atoms with van der Waals surface area (Å²) in [4.78, 5) is 0. The van der Waals surface area contributed by atoms with Gasteiger partial charge in [0, 0.05) is 0 Å². The Morgan fingerprint density at radius 1 is 1.47 bits per heavy atom. The van der Waals surface area contributed by atoms with Crippen molar-refractivity contribution in [1.82, 2.24) is 5.32 Å². The topological polar surface area (TPSA) is 12.0 Å². The summed E-state index contributed by atoms with van der Waals surface area (Å²) in [5, 5.41) is 3.19. The van der Waals surface area contributed by atoms with Crippen LogP contribution in [0.15, 0.2) is 24.3 Å². The van der Waals surface area contributed by atoms with Gasteiger partial charge in [0.05, 0.1) is 0 Å². The summed E-state index contributed by atoms with van der Waals surface area (Å²) in [6.07, 6.45) is 2.08. The van der Waals surface area contributed by atoms with Crippen molar-refractivity contribution in [2.24, 2.45) is 11.3 Å². The number of nitrogens with one attached hydrogen (secondary N) is 1. The van der Waals surface area contributed by atoms with Crippen molar-refractivity contribution in [2.45, 2.75) is 19.8 Å². The second-order valence-corrected chi connectivity index (χ2v) is 4.88. The van der Waals surface area contributed by atoms with Gasteiger partial charge in [0.15, 0.2) is 0 Å². The quantitative estimate of drug-likeness (QED) is 0.800. The van der Waals surface area contributed by atoms with E-state index in [0.29, 0.717) is 11.3 Å². The molecule has 0 saturated heterocycles. The normalized spacial score (nSPS) is 29.1. The Kier molecular flexibility index (Phi) is 2.79. The number of hydrogen-bond donors (Lipinski definition) is 1. The summed E-state index contributed by atoms with van der Waals surface area (Å²) in [5.41, 5.74) is 1.17. The van der Waals surface area contributed by atoms with E-state index in [-0.39, 0.29) is 5.82 Å². The van der Waals surface area contributed by atoms with E-state index in [1.165, 1.54) is 6.42 Å². The first-order valence-electron chi connectivity index (χ1n) is 5.54. The van der Waals surface area contributed by atoms with Crippen LogP contribution in [0.3, 0.4) is 0 Å². The highest BCUT2D eigenvalue weighted by atomic mass is 19.1. The maximum absolute atomic E-state index is 13.4. The van der Waals surface area contributed by atoms with E-state index < -0.39 is 0 Å². The standard InChI is InChI=1S/C13H18FN/c1-13(8-11(13)9-15-2)7-10-5-3-4-6-12(10)14/h3-6,11,15H,7-9H2,1-2H3. The van der Waals surface area contributed by atoms with Crippen LogP contribution in [-0.2, 0) is 6.42 Å². The van der Waals surface area contributed by atoms with Gasteiger partial charge in [0.25, 0.3) is 0 Å². The van der Waals surface area contributed by atoms with Crippen LogP contribution in [-0.4, -0.2) is 13.6 Å². The van der Waals surface area contributed by atoms with E-state index in [1.807, 2.05) is 19.2 Å². The van der Waals surface area contributed by atoms with Crippen molar-refractivity contribution in [1.29, 1.82) is 0 Å². The maximum atomic E-state index is 13.4. The van der Waals surface area contributed by atoms with Gasteiger partial charge in [-0.25, -0.2) is 4.39 Å². The lowest BCUT2D eigenvalue weighted by molar-refractivity contribution is 0.473. The molecule has 1 saturated carbocycles. The van der Waals surface area contributed by atoms with Crippen LogP contribution in [0, 0.1) is 17.2 Å². The Labute approximate surface area is 90.7 Å². The highest BCUT2D eigenvalue weighted by molar-refractivity contribution is 5.21. The molecule has 1 fully saturated rings. The molecule has 0 heterocycles. The van der Waals surface area contributed by atoms with Gasteiger partial charge in [0.2, 0.25) is 0 Å². The molecule has 1 N–H and O–H groups in total. The van der Waals surface area contributed by atoms with Crippen molar-refractivity contribution < 1.29 is 4.39 Å². The van der Waals surface area contributed by atoms with Crippen molar-refractivity contribution in [3.63, 3.8) is 0 Å². The minimum atomic E-state index is -0.0613. The smallest absolute Gasteiger partial charge is 0.126 e. The molecule has 1 aliphatic carbocycles. The zero-order chi connectivity index (χ0) is 10.9. The van der Waals surface area contributed by atoms with Crippen LogP contribution >= 0.6 is 0 Å². The zero-order valence-corrected chi connectivity index (χ0v) is 9.39. The van der Waals surface area contributed by atoms with E-state index in [0.717, 1.165) is 18.5 Å². The van der Waals surface area contributed by atoms with E-state index in [2.05, 4.69) is 12.2 Å². The van der Waals surface area contributed by atoms with E-state index in [4.69, 9.17) is 0 Å². The number of rotatable bonds is 4. The average Bonchev–Trinajstić information content (AvgIpc) is 2.82. The lowest BCUT2D eigenvalue weighted by atomic mass is 9.95. The number of benzene rings is 1. The van der Waals surface area contributed by atoms with Crippen molar-refractivity contribution in [2.75, 3.05) is 13.6 Å². The molecule has 2 unspecified atom stereocenters. The van der Waals surface area contributed by atoms with Gasteiger partial charge in [0.1, 0.15) is 5.82 Å². The van der Waals surface area contributed by atoms with Gasteiger partial charge in [-0.1, -0.05) is 25.1 Å². The second-order valence-electron chi connectivity index (χ2n) is 4.88. The molecule has 0 spiro atoms. The molecule has 2 rings (SSSR count). The minimum absolute atomic E-state index is 0.0613. The summed E-state index contributed by atoms with van der Waals surface area (Å²) in [6.45, 7) is 3.30.